The molecule has 0 bridgehead atoms. The topological polar surface area (TPSA) is 90.6 Å². The summed E-state index contributed by atoms with van der Waals surface area (Å²) in [4.78, 5) is 12.4. The van der Waals surface area contributed by atoms with E-state index < -0.39 is 5.97 Å². The Hall–Kier alpha value is -2.85. The predicted molar refractivity (Wildman–Crippen MR) is 121 cm³/mol. The molecule has 0 saturated carbocycles. The van der Waals surface area contributed by atoms with Gasteiger partial charge in [-0.15, -0.1) is 10.2 Å². The molecule has 30 heavy (non-hydrogen) atoms. The van der Waals surface area contributed by atoms with Gasteiger partial charge >= 0.3 is 5.97 Å². The second-order valence-electron chi connectivity index (χ2n) is 5.95. The smallest absolute Gasteiger partial charge is 0.365 e. The predicted octanol–water partition coefficient (Wildman–Crippen LogP) is 4.33. The first-order chi connectivity index (χ1) is 14.5. The minimum atomic E-state index is -0.541. The molecule has 0 radical (unpaired) electrons. The Morgan fingerprint density at radius 2 is 1.87 bits per heavy atom. The third-order valence-electron chi connectivity index (χ3n) is 3.95. The Balaban J connectivity index is 1.83. The lowest BCUT2D eigenvalue weighted by atomic mass is 10.2. The van der Waals surface area contributed by atoms with Crippen LogP contribution in [0.3, 0.4) is 0 Å². The number of aromatic nitrogens is 3. The third-order valence-corrected chi connectivity index (χ3v) is 5.47. The van der Waals surface area contributed by atoms with Gasteiger partial charge in [0.25, 0.3) is 0 Å². The Morgan fingerprint density at radius 3 is 2.50 bits per heavy atom. The lowest BCUT2D eigenvalue weighted by Crippen LogP contribution is -2.16. The van der Waals surface area contributed by atoms with Crippen LogP contribution < -0.4 is 10.2 Å². The van der Waals surface area contributed by atoms with Crippen molar-refractivity contribution in [3.05, 3.63) is 53.0 Å². The number of nitrogens with zero attached hydrogens (tertiary/aromatic N) is 4. The molecule has 0 spiro atoms. The van der Waals surface area contributed by atoms with Crippen molar-refractivity contribution in [2.24, 2.45) is 12.1 Å². The molecule has 3 rings (SSSR count). The van der Waals surface area contributed by atoms with Crippen LogP contribution in [0.1, 0.15) is 6.92 Å². The SMILES string of the molecule is CCOC(=O)/C(=N/Nc1ccc(Br)cc1)Sc1nnc(-c2ccc(OC)cc2)n1C. The van der Waals surface area contributed by atoms with E-state index in [0.717, 1.165) is 33.2 Å². The number of hydrazone groups is 1. The maximum atomic E-state index is 12.4. The molecule has 1 aromatic heterocycles. The normalized spacial score (nSPS) is 11.3. The molecule has 8 nitrogen and oxygen atoms in total. The summed E-state index contributed by atoms with van der Waals surface area (Å²) in [7, 11) is 3.44. The number of hydrogen-bond donors (Lipinski definition) is 1. The number of carbonyl (C=O) groups excluding carboxylic acids is 1. The van der Waals surface area contributed by atoms with E-state index in [4.69, 9.17) is 9.47 Å². The monoisotopic (exact) mass is 489 g/mol. The molecule has 0 amide bonds. The van der Waals surface area contributed by atoms with Gasteiger partial charge in [0.1, 0.15) is 5.75 Å². The van der Waals surface area contributed by atoms with E-state index in [1.165, 1.54) is 0 Å². The number of ether oxygens (including phenoxy) is 2. The van der Waals surface area contributed by atoms with Crippen LogP contribution in [0.4, 0.5) is 5.69 Å². The molecule has 2 aromatic carbocycles. The number of rotatable bonds is 6. The van der Waals surface area contributed by atoms with Crippen molar-refractivity contribution in [1.29, 1.82) is 0 Å². The van der Waals surface area contributed by atoms with E-state index in [9.17, 15) is 4.79 Å². The fraction of sp³-hybridized carbons (Fsp3) is 0.200. The summed E-state index contributed by atoms with van der Waals surface area (Å²) in [5.74, 6) is 0.872. The molecule has 3 aromatic rings. The van der Waals surface area contributed by atoms with E-state index >= 15 is 0 Å². The van der Waals surface area contributed by atoms with Crippen LogP contribution in [0.5, 0.6) is 5.75 Å². The molecular weight excluding hydrogens is 470 g/mol. The van der Waals surface area contributed by atoms with Crippen molar-refractivity contribution in [2.45, 2.75) is 12.1 Å². The lowest BCUT2D eigenvalue weighted by molar-refractivity contribution is -0.134. The highest BCUT2D eigenvalue weighted by Gasteiger charge is 2.20. The van der Waals surface area contributed by atoms with Crippen LogP contribution in [-0.2, 0) is 16.6 Å². The molecule has 0 fully saturated rings. The molecular formula is C20H20BrN5O3S. The third kappa shape index (κ3) is 5.39. The molecule has 156 valence electrons. The first-order valence-electron chi connectivity index (χ1n) is 9.00. The number of methoxy groups -OCH3 is 1. The number of esters is 1. The van der Waals surface area contributed by atoms with Crippen LogP contribution in [0.15, 0.2) is 63.3 Å². The van der Waals surface area contributed by atoms with Crippen molar-refractivity contribution in [3.8, 4) is 17.1 Å². The van der Waals surface area contributed by atoms with E-state index in [1.54, 1.807) is 18.6 Å². The highest BCUT2D eigenvalue weighted by atomic mass is 79.9. The fourth-order valence-corrected chi connectivity index (χ4v) is 3.40. The van der Waals surface area contributed by atoms with Gasteiger partial charge in [0.15, 0.2) is 11.0 Å². The van der Waals surface area contributed by atoms with Gasteiger partial charge in [0, 0.05) is 17.1 Å². The summed E-state index contributed by atoms with van der Waals surface area (Å²) in [6.45, 7) is 1.99. The number of nitrogens with one attached hydrogen (secondary N) is 1. The summed E-state index contributed by atoms with van der Waals surface area (Å²) in [5.41, 5.74) is 4.49. The number of carbonyl (C=O) groups is 1. The molecule has 1 N–H and O–H groups in total. The zero-order chi connectivity index (χ0) is 21.5. The van der Waals surface area contributed by atoms with Gasteiger partial charge in [-0.2, -0.15) is 5.10 Å². The average molecular weight is 490 g/mol. The molecule has 10 heteroatoms. The second-order valence-corrected chi connectivity index (χ2v) is 7.82. The van der Waals surface area contributed by atoms with Crippen molar-refractivity contribution in [2.75, 3.05) is 19.1 Å². The van der Waals surface area contributed by atoms with Crippen molar-refractivity contribution in [3.63, 3.8) is 0 Å². The fourth-order valence-electron chi connectivity index (χ4n) is 2.42. The Labute approximate surface area is 186 Å². The summed E-state index contributed by atoms with van der Waals surface area (Å²) >= 11 is 4.46. The van der Waals surface area contributed by atoms with E-state index in [0.29, 0.717) is 11.0 Å². The van der Waals surface area contributed by atoms with E-state index in [-0.39, 0.29) is 11.7 Å². The van der Waals surface area contributed by atoms with Crippen LogP contribution in [-0.4, -0.2) is 39.5 Å². The molecule has 0 saturated heterocycles. The minimum absolute atomic E-state index is 0.122. The molecule has 0 aliphatic rings. The molecule has 1 heterocycles. The first kappa shape index (κ1) is 21.8. The molecule has 0 aliphatic carbocycles. The number of anilines is 1. The zero-order valence-corrected chi connectivity index (χ0v) is 19.0. The highest BCUT2D eigenvalue weighted by molar-refractivity contribution is 9.10. The van der Waals surface area contributed by atoms with Gasteiger partial charge in [-0.05, 0) is 67.2 Å². The summed E-state index contributed by atoms with van der Waals surface area (Å²) in [6, 6.07) is 14.9. The number of thioether (sulfide) groups is 1. The Kier molecular flexibility index (Phi) is 7.47. The Bertz CT molecular complexity index is 1040. The molecule has 0 atom stereocenters. The van der Waals surface area contributed by atoms with Crippen LogP contribution in [0.2, 0.25) is 0 Å². The summed E-state index contributed by atoms with van der Waals surface area (Å²) in [5, 5.41) is 13.3. The number of benzene rings is 2. The van der Waals surface area contributed by atoms with Gasteiger partial charge in [-0.25, -0.2) is 4.79 Å². The van der Waals surface area contributed by atoms with Crippen molar-refractivity contribution in [1.82, 2.24) is 14.8 Å². The largest absolute Gasteiger partial charge is 0.497 e. The van der Waals surface area contributed by atoms with Crippen molar-refractivity contribution >= 4 is 44.4 Å². The van der Waals surface area contributed by atoms with Crippen molar-refractivity contribution < 1.29 is 14.3 Å². The summed E-state index contributed by atoms with van der Waals surface area (Å²) in [6.07, 6.45) is 0. The van der Waals surface area contributed by atoms with E-state index in [1.807, 2.05) is 55.6 Å². The molecule has 0 aliphatic heterocycles. The van der Waals surface area contributed by atoms with Gasteiger partial charge in [0.2, 0.25) is 5.04 Å². The Morgan fingerprint density at radius 1 is 1.17 bits per heavy atom. The zero-order valence-electron chi connectivity index (χ0n) is 16.6. The van der Waals surface area contributed by atoms with E-state index in [2.05, 4.69) is 36.7 Å². The summed E-state index contributed by atoms with van der Waals surface area (Å²) < 4.78 is 13.1. The second kappa shape index (κ2) is 10.3. The van der Waals surface area contributed by atoms with Gasteiger partial charge in [0.05, 0.1) is 19.4 Å². The maximum Gasteiger partial charge on any atom is 0.365 e. The van der Waals surface area contributed by atoms with Gasteiger partial charge < -0.3 is 14.0 Å². The quantitative estimate of drug-likeness (QED) is 0.181. The minimum Gasteiger partial charge on any atom is -0.497 e. The van der Waals surface area contributed by atoms with Crippen LogP contribution in [0.25, 0.3) is 11.4 Å². The van der Waals surface area contributed by atoms with Crippen LogP contribution >= 0.6 is 27.7 Å². The average Bonchev–Trinajstić information content (AvgIpc) is 3.12. The van der Waals surface area contributed by atoms with Gasteiger partial charge in [-0.1, -0.05) is 15.9 Å². The standard InChI is InChI=1S/C20H20BrN5O3S/c1-4-29-19(27)18(24-22-15-9-7-14(21)8-10-15)30-20-25-23-17(26(20)2)13-5-11-16(28-3)12-6-13/h5-12,22H,4H2,1-3H3/b24-18-. The molecule has 0 unspecified atom stereocenters. The first-order valence-corrected chi connectivity index (χ1v) is 10.6. The highest BCUT2D eigenvalue weighted by Crippen LogP contribution is 2.26. The lowest BCUT2D eigenvalue weighted by Gasteiger charge is -2.08. The van der Waals surface area contributed by atoms with Gasteiger partial charge in [-0.3, -0.25) is 5.43 Å². The maximum absolute atomic E-state index is 12.4. The van der Waals surface area contributed by atoms with Crippen LogP contribution in [0, 0.1) is 0 Å². The number of hydrogen-bond acceptors (Lipinski definition) is 8. The number of halogens is 1.